The highest BCUT2D eigenvalue weighted by Gasteiger charge is 2.53. The van der Waals surface area contributed by atoms with Gasteiger partial charge in [0, 0.05) is 38.0 Å². The number of likely N-dealkylation sites (N-methyl/N-ethyl adjacent to an activating group) is 1. The topological polar surface area (TPSA) is 101 Å². The number of nitrogens with one attached hydrogen (secondary N) is 1. The predicted octanol–water partition coefficient (Wildman–Crippen LogP) is 1.02. The van der Waals surface area contributed by atoms with E-state index in [0.717, 1.165) is 31.4 Å². The first-order chi connectivity index (χ1) is 14.0. The third-order valence-corrected chi connectivity index (χ3v) is 6.26. The maximum absolute atomic E-state index is 13.4. The van der Waals surface area contributed by atoms with Crippen molar-refractivity contribution in [2.45, 2.75) is 45.2 Å². The lowest BCUT2D eigenvalue weighted by molar-refractivity contribution is -0.154. The van der Waals surface area contributed by atoms with Crippen LogP contribution in [0.15, 0.2) is 18.3 Å². The minimum absolute atomic E-state index is 0.0150. The molecule has 8 nitrogen and oxygen atoms in total. The number of ether oxygens (including phenoxy) is 1. The minimum Gasteiger partial charge on any atom is -0.383 e. The summed E-state index contributed by atoms with van der Waals surface area (Å²) in [7, 11) is 2.05. The highest BCUT2D eigenvalue weighted by Crippen LogP contribution is 2.42. The van der Waals surface area contributed by atoms with Gasteiger partial charge < -0.3 is 25.6 Å². The van der Waals surface area contributed by atoms with Crippen LogP contribution in [0, 0.1) is 5.41 Å². The van der Waals surface area contributed by atoms with Crippen LogP contribution in [0.2, 0.25) is 0 Å². The number of amides is 2. The molecule has 3 heterocycles. The molecule has 0 radical (unpaired) electrons. The van der Waals surface area contributed by atoms with Crippen molar-refractivity contribution in [2.24, 2.45) is 5.41 Å². The number of rotatable bonds is 7. The molecule has 29 heavy (non-hydrogen) atoms. The molecule has 160 valence electrons. The van der Waals surface area contributed by atoms with E-state index in [4.69, 9.17) is 10.5 Å². The van der Waals surface area contributed by atoms with Crippen LogP contribution >= 0.6 is 0 Å². The van der Waals surface area contributed by atoms with Crippen LogP contribution in [0.25, 0.3) is 0 Å². The fraction of sp³-hybridized carbons (Fsp3) is 0.667. The van der Waals surface area contributed by atoms with Crippen LogP contribution < -0.4 is 11.1 Å². The van der Waals surface area contributed by atoms with Gasteiger partial charge in [-0.05, 0) is 45.8 Å². The molecule has 2 aliphatic heterocycles. The molecule has 3 rings (SSSR count). The number of aromatic nitrogens is 1. The number of fused-ring (bicyclic) bond motifs is 1. The van der Waals surface area contributed by atoms with E-state index in [9.17, 15) is 9.59 Å². The summed E-state index contributed by atoms with van der Waals surface area (Å²) >= 11 is 0. The third kappa shape index (κ3) is 4.70. The number of nitrogens with zero attached hydrogens (tertiary/aromatic N) is 3. The Morgan fingerprint density at radius 2 is 2.21 bits per heavy atom. The fourth-order valence-corrected chi connectivity index (χ4v) is 4.60. The van der Waals surface area contributed by atoms with E-state index in [2.05, 4.69) is 22.2 Å². The molecule has 2 aliphatic rings. The summed E-state index contributed by atoms with van der Waals surface area (Å²) in [6, 6.07) is 3.57. The molecule has 8 heteroatoms. The Labute approximate surface area is 172 Å². The quantitative estimate of drug-likeness (QED) is 0.659. The van der Waals surface area contributed by atoms with Gasteiger partial charge >= 0.3 is 0 Å². The highest BCUT2D eigenvalue weighted by atomic mass is 16.5. The van der Waals surface area contributed by atoms with E-state index >= 15 is 0 Å². The molecule has 0 spiro atoms. The van der Waals surface area contributed by atoms with Gasteiger partial charge in [0.25, 0.3) is 0 Å². The first-order valence-electron chi connectivity index (χ1n) is 10.5. The zero-order chi connectivity index (χ0) is 20.9. The number of hydrogen-bond acceptors (Lipinski definition) is 6. The summed E-state index contributed by atoms with van der Waals surface area (Å²) in [6.07, 6.45) is 4.38. The van der Waals surface area contributed by atoms with Crippen LogP contribution in [-0.2, 0) is 20.9 Å². The smallest absolute Gasteiger partial charge is 0.228 e. The Morgan fingerprint density at radius 3 is 2.97 bits per heavy atom. The summed E-state index contributed by atoms with van der Waals surface area (Å²) in [5, 5.41) is 3.09. The maximum Gasteiger partial charge on any atom is 0.228 e. The van der Waals surface area contributed by atoms with Crippen molar-refractivity contribution in [1.82, 2.24) is 20.1 Å². The van der Waals surface area contributed by atoms with Gasteiger partial charge in [0.1, 0.15) is 5.82 Å². The molecule has 2 saturated heterocycles. The van der Waals surface area contributed by atoms with Crippen molar-refractivity contribution >= 4 is 17.6 Å². The number of hydrogen-bond donors (Lipinski definition) is 2. The van der Waals surface area contributed by atoms with Crippen LogP contribution in [0.4, 0.5) is 5.82 Å². The van der Waals surface area contributed by atoms with E-state index in [1.807, 2.05) is 24.0 Å². The van der Waals surface area contributed by atoms with Gasteiger partial charge in [-0.2, -0.15) is 0 Å². The van der Waals surface area contributed by atoms with Crippen molar-refractivity contribution in [1.29, 1.82) is 0 Å². The Hall–Kier alpha value is -2.19. The number of anilines is 1. The molecular formula is C21H33N5O3. The largest absolute Gasteiger partial charge is 0.383 e. The van der Waals surface area contributed by atoms with E-state index < -0.39 is 5.41 Å². The molecule has 0 aliphatic carbocycles. The summed E-state index contributed by atoms with van der Waals surface area (Å²) in [5.74, 6) is 0.523. The maximum atomic E-state index is 13.4. The van der Waals surface area contributed by atoms with Crippen molar-refractivity contribution in [3.8, 4) is 0 Å². The normalized spacial score (nSPS) is 24.8. The lowest BCUT2D eigenvalue weighted by Gasteiger charge is -2.53. The van der Waals surface area contributed by atoms with E-state index in [1.165, 1.54) is 0 Å². The van der Waals surface area contributed by atoms with E-state index in [-0.39, 0.29) is 17.9 Å². The van der Waals surface area contributed by atoms with Crippen LogP contribution in [0.3, 0.4) is 0 Å². The van der Waals surface area contributed by atoms with Gasteiger partial charge in [-0.3, -0.25) is 9.59 Å². The minimum atomic E-state index is -0.553. The lowest BCUT2D eigenvalue weighted by atomic mass is 9.67. The second-order valence-electron chi connectivity index (χ2n) is 8.05. The van der Waals surface area contributed by atoms with Crippen molar-refractivity contribution in [2.75, 3.05) is 45.6 Å². The number of carbonyl (C=O) groups excluding carboxylic acids is 2. The second-order valence-corrected chi connectivity index (χ2v) is 8.05. The predicted molar refractivity (Wildman–Crippen MR) is 111 cm³/mol. The average molecular weight is 404 g/mol. The van der Waals surface area contributed by atoms with Crippen LogP contribution in [-0.4, -0.2) is 72.5 Å². The van der Waals surface area contributed by atoms with E-state index in [1.54, 1.807) is 6.20 Å². The summed E-state index contributed by atoms with van der Waals surface area (Å²) in [4.78, 5) is 34.5. The molecular weight excluding hydrogens is 370 g/mol. The molecule has 1 aromatic heterocycles. The van der Waals surface area contributed by atoms with Crippen molar-refractivity contribution in [3.05, 3.63) is 23.9 Å². The van der Waals surface area contributed by atoms with Crippen molar-refractivity contribution < 1.29 is 14.3 Å². The number of carbonyl (C=O) groups is 2. The van der Waals surface area contributed by atoms with Gasteiger partial charge in [-0.15, -0.1) is 0 Å². The van der Waals surface area contributed by atoms with E-state index in [0.29, 0.717) is 45.1 Å². The molecule has 0 unspecified atom stereocenters. The summed E-state index contributed by atoms with van der Waals surface area (Å²) in [5.41, 5.74) is 6.17. The summed E-state index contributed by atoms with van der Waals surface area (Å²) in [6.45, 7) is 5.56. The molecule has 1 aromatic rings. The van der Waals surface area contributed by atoms with Crippen molar-refractivity contribution in [3.63, 3.8) is 0 Å². The van der Waals surface area contributed by atoms with Crippen LogP contribution in [0.1, 0.15) is 38.2 Å². The second kappa shape index (κ2) is 9.54. The van der Waals surface area contributed by atoms with Gasteiger partial charge in [-0.25, -0.2) is 4.98 Å². The SMILES string of the molecule is CCOCCC(=O)N1CCC[C@@]2(C(=O)NCc3cccnc3N)CCN(C)C[C@@H]12. The molecule has 2 amide bonds. The third-order valence-electron chi connectivity index (χ3n) is 6.26. The fourth-order valence-electron chi connectivity index (χ4n) is 4.60. The first-order valence-corrected chi connectivity index (χ1v) is 10.5. The Kier molecular flexibility index (Phi) is 7.08. The van der Waals surface area contributed by atoms with Gasteiger partial charge in [0.15, 0.2) is 0 Å². The average Bonchev–Trinajstić information content (AvgIpc) is 2.72. The highest BCUT2D eigenvalue weighted by molar-refractivity contribution is 5.86. The summed E-state index contributed by atoms with van der Waals surface area (Å²) < 4.78 is 5.37. The van der Waals surface area contributed by atoms with Gasteiger partial charge in [-0.1, -0.05) is 6.07 Å². The molecule has 0 saturated carbocycles. The molecule has 0 aromatic carbocycles. The molecule has 2 atom stereocenters. The molecule has 2 fully saturated rings. The zero-order valence-corrected chi connectivity index (χ0v) is 17.5. The molecule has 0 bridgehead atoms. The zero-order valence-electron chi connectivity index (χ0n) is 17.5. The lowest BCUT2D eigenvalue weighted by Crippen LogP contribution is -2.66. The Bertz CT molecular complexity index is 728. The number of nitrogens with two attached hydrogens (primary N) is 1. The van der Waals surface area contributed by atoms with Gasteiger partial charge in [0.2, 0.25) is 11.8 Å². The Morgan fingerprint density at radius 1 is 1.38 bits per heavy atom. The first kappa shape index (κ1) is 21.5. The van der Waals surface area contributed by atoms with Crippen LogP contribution in [0.5, 0.6) is 0 Å². The van der Waals surface area contributed by atoms with Gasteiger partial charge in [0.05, 0.1) is 24.5 Å². The standard InChI is InChI=1S/C21H33N5O3/c1-3-29-13-7-18(27)26-11-5-8-21(9-12-25(2)15-17(21)26)20(28)24-14-16-6-4-10-23-19(16)22/h4,6,10,17H,3,5,7-9,11-15H2,1-2H3,(H2,22,23)(H,24,28)/t17-,21-/m1/s1. The monoisotopic (exact) mass is 403 g/mol. The Balaban J connectivity index is 1.75. The number of piperidine rings is 2. The number of pyridine rings is 1. The number of likely N-dealkylation sites (tertiary alicyclic amines) is 2. The molecule has 3 N–H and O–H groups in total. The number of nitrogen functional groups attached to an aromatic ring is 1.